The summed E-state index contributed by atoms with van der Waals surface area (Å²) >= 11 is 5.86. The fourth-order valence-corrected chi connectivity index (χ4v) is 3.07. The van der Waals surface area contributed by atoms with Gasteiger partial charge >= 0.3 is 0 Å². The molecular weight excluding hydrogens is 354 g/mol. The summed E-state index contributed by atoms with van der Waals surface area (Å²) in [5.41, 5.74) is 1.25. The topological polar surface area (TPSA) is 71.5 Å². The standard InChI is InChI=1S/C19H20ClN3O3/c1-26-17-7-6-16(12-21-17)22-18(24)13-8-10-23(11-9-13)19(25)14-2-4-15(20)5-3-14/h2-7,12-13H,8-11H2,1H3,(H,22,24). The van der Waals surface area contributed by atoms with E-state index in [0.29, 0.717) is 48.1 Å². The average molecular weight is 374 g/mol. The van der Waals surface area contributed by atoms with Crippen LogP contribution in [0.2, 0.25) is 5.02 Å². The van der Waals surface area contributed by atoms with E-state index in [4.69, 9.17) is 16.3 Å². The van der Waals surface area contributed by atoms with Crippen molar-refractivity contribution in [2.45, 2.75) is 12.8 Å². The highest BCUT2D eigenvalue weighted by atomic mass is 35.5. The molecule has 1 aliphatic rings. The Morgan fingerprint density at radius 3 is 2.42 bits per heavy atom. The molecule has 0 unspecified atom stereocenters. The maximum absolute atomic E-state index is 12.5. The third kappa shape index (κ3) is 4.32. The van der Waals surface area contributed by atoms with E-state index < -0.39 is 0 Å². The Bertz CT molecular complexity index is 770. The number of amides is 2. The number of hydrogen-bond acceptors (Lipinski definition) is 4. The van der Waals surface area contributed by atoms with Crippen LogP contribution in [-0.4, -0.2) is 41.9 Å². The van der Waals surface area contributed by atoms with Crippen molar-refractivity contribution >= 4 is 29.1 Å². The molecule has 1 aliphatic heterocycles. The SMILES string of the molecule is COc1ccc(NC(=O)C2CCN(C(=O)c3ccc(Cl)cc3)CC2)cn1. The molecule has 0 aliphatic carbocycles. The van der Waals surface area contributed by atoms with Crippen LogP contribution in [0.25, 0.3) is 0 Å². The van der Waals surface area contributed by atoms with Crippen LogP contribution in [0.1, 0.15) is 23.2 Å². The Morgan fingerprint density at radius 1 is 1.15 bits per heavy atom. The number of nitrogens with one attached hydrogen (secondary N) is 1. The zero-order chi connectivity index (χ0) is 18.5. The predicted molar refractivity (Wildman–Crippen MR) is 99.5 cm³/mol. The quantitative estimate of drug-likeness (QED) is 0.893. The van der Waals surface area contributed by atoms with Gasteiger partial charge in [0.25, 0.3) is 5.91 Å². The van der Waals surface area contributed by atoms with Crippen molar-refractivity contribution in [1.29, 1.82) is 0 Å². The normalized spacial score (nSPS) is 14.8. The smallest absolute Gasteiger partial charge is 0.253 e. The Labute approximate surface area is 157 Å². The molecule has 1 aromatic carbocycles. The van der Waals surface area contributed by atoms with Crippen molar-refractivity contribution in [3.05, 3.63) is 53.2 Å². The van der Waals surface area contributed by atoms with Crippen LogP contribution in [0.15, 0.2) is 42.6 Å². The largest absolute Gasteiger partial charge is 0.481 e. The van der Waals surface area contributed by atoms with Gasteiger partial charge in [-0.05, 0) is 43.2 Å². The molecule has 0 saturated carbocycles. The van der Waals surface area contributed by atoms with Crippen LogP contribution < -0.4 is 10.1 Å². The number of ether oxygens (including phenoxy) is 1. The molecule has 0 spiro atoms. The number of anilines is 1. The van der Waals surface area contributed by atoms with Crippen molar-refractivity contribution in [3.63, 3.8) is 0 Å². The number of benzene rings is 1. The van der Waals surface area contributed by atoms with E-state index in [2.05, 4.69) is 10.3 Å². The van der Waals surface area contributed by atoms with Crippen LogP contribution >= 0.6 is 11.6 Å². The lowest BCUT2D eigenvalue weighted by Gasteiger charge is -2.31. The van der Waals surface area contributed by atoms with Crippen molar-refractivity contribution in [3.8, 4) is 5.88 Å². The van der Waals surface area contributed by atoms with Crippen molar-refractivity contribution in [2.75, 3.05) is 25.5 Å². The van der Waals surface area contributed by atoms with Crippen molar-refractivity contribution in [2.24, 2.45) is 5.92 Å². The zero-order valence-corrected chi connectivity index (χ0v) is 15.2. The van der Waals surface area contributed by atoms with Gasteiger partial charge in [-0.3, -0.25) is 9.59 Å². The van der Waals surface area contributed by atoms with E-state index in [0.717, 1.165) is 0 Å². The Hall–Kier alpha value is -2.60. The molecule has 0 atom stereocenters. The van der Waals surface area contributed by atoms with Gasteiger partial charge in [-0.1, -0.05) is 11.6 Å². The zero-order valence-electron chi connectivity index (χ0n) is 14.4. The summed E-state index contributed by atoms with van der Waals surface area (Å²) in [7, 11) is 1.54. The number of carbonyl (C=O) groups excluding carboxylic acids is 2. The Morgan fingerprint density at radius 2 is 1.85 bits per heavy atom. The maximum Gasteiger partial charge on any atom is 0.253 e. The number of nitrogens with zero attached hydrogens (tertiary/aromatic N) is 2. The maximum atomic E-state index is 12.5. The van der Waals surface area contributed by atoms with E-state index in [1.165, 1.54) is 0 Å². The number of piperidine rings is 1. The molecule has 1 aromatic heterocycles. The van der Waals surface area contributed by atoms with E-state index in [9.17, 15) is 9.59 Å². The first-order chi connectivity index (χ1) is 12.6. The van der Waals surface area contributed by atoms with Crippen LogP contribution in [0.5, 0.6) is 5.88 Å². The lowest BCUT2D eigenvalue weighted by molar-refractivity contribution is -0.121. The molecule has 0 radical (unpaired) electrons. The second-order valence-corrected chi connectivity index (χ2v) is 6.59. The summed E-state index contributed by atoms with van der Waals surface area (Å²) in [5.74, 6) is 0.304. The molecular formula is C19H20ClN3O3. The molecule has 26 heavy (non-hydrogen) atoms. The van der Waals surface area contributed by atoms with Gasteiger partial charge < -0.3 is 15.0 Å². The highest BCUT2D eigenvalue weighted by Gasteiger charge is 2.27. The first kappa shape index (κ1) is 18.2. The molecule has 0 bridgehead atoms. The summed E-state index contributed by atoms with van der Waals surface area (Å²) in [6.45, 7) is 1.11. The molecule has 2 amide bonds. The van der Waals surface area contributed by atoms with Crippen molar-refractivity contribution in [1.82, 2.24) is 9.88 Å². The second-order valence-electron chi connectivity index (χ2n) is 6.15. The van der Waals surface area contributed by atoms with Crippen molar-refractivity contribution < 1.29 is 14.3 Å². The van der Waals surface area contributed by atoms with Crippen LogP contribution in [-0.2, 0) is 4.79 Å². The molecule has 7 heteroatoms. The third-order valence-electron chi connectivity index (χ3n) is 4.46. The van der Waals surface area contributed by atoms with E-state index in [-0.39, 0.29) is 17.7 Å². The van der Waals surface area contributed by atoms with Gasteiger partial charge in [-0.2, -0.15) is 0 Å². The first-order valence-electron chi connectivity index (χ1n) is 8.42. The molecule has 1 saturated heterocycles. The van der Waals surface area contributed by atoms with E-state index >= 15 is 0 Å². The van der Waals surface area contributed by atoms with E-state index in [1.807, 2.05) is 0 Å². The molecule has 2 heterocycles. The number of hydrogen-bond donors (Lipinski definition) is 1. The molecule has 6 nitrogen and oxygen atoms in total. The third-order valence-corrected chi connectivity index (χ3v) is 4.71. The van der Waals surface area contributed by atoms with Gasteiger partial charge in [0, 0.05) is 35.7 Å². The predicted octanol–water partition coefficient (Wildman–Crippen LogP) is 3.23. The number of likely N-dealkylation sites (tertiary alicyclic amines) is 1. The highest BCUT2D eigenvalue weighted by Crippen LogP contribution is 2.22. The van der Waals surface area contributed by atoms with Gasteiger partial charge in [0.15, 0.2) is 0 Å². The minimum atomic E-state index is -0.119. The van der Waals surface area contributed by atoms with Crippen LogP contribution in [0.3, 0.4) is 0 Å². The van der Waals surface area contributed by atoms with Gasteiger partial charge in [0.1, 0.15) is 0 Å². The summed E-state index contributed by atoms with van der Waals surface area (Å²) in [5, 5.41) is 3.47. The molecule has 1 N–H and O–H groups in total. The number of aromatic nitrogens is 1. The molecule has 3 rings (SSSR count). The lowest BCUT2D eigenvalue weighted by Crippen LogP contribution is -2.41. The summed E-state index contributed by atoms with van der Waals surface area (Å²) in [4.78, 5) is 30.8. The molecule has 2 aromatic rings. The Balaban J connectivity index is 1.53. The number of pyridine rings is 1. The number of methoxy groups -OCH3 is 1. The van der Waals surface area contributed by atoms with Gasteiger partial charge in [-0.15, -0.1) is 0 Å². The number of rotatable bonds is 4. The highest BCUT2D eigenvalue weighted by molar-refractivity contribution is 6.30. The minimum absolute atomic E-state index is 0.0279. The van der Waals surface area contributed by atoms with Crippen LogP contribution in [0.4, 0.5) is 5.69 Å². The lowest BCUT2D eigenvalue weighted by atomic mass is 9.95. The second kappa shape index (κ2) is 8.19. The molecule has 1 fully saturated rings. The van der Waals surface area contributed by atoms with Gasteiger partial charge in [-0.25, -0.2) is 4.98 Å². The Kier molecular flexibility index (Phi) is 5.73. The summed E-state index contributed by atoms with van der Waals surface area (Å²) in [6, 6.07) is 10.3. The number of halogens is 1. The summed E-state index contributed by atoms with van der Waals surface area (Å²) in [6.07, 6.45) is 2.83. The fourth-order valence-electron chi connectivity index (χ4n) is 2.94. The van der Waals surface area contributed by atoms with Gasteiger partial charge in [0.2, 0.25) is 11.8 Å². The van der Waals surface area contributed by atoms with Crippen LogP contribution in [0, 0.1) is 5.92 Å². The monoisotopic (exact) mass is 373 g/mol. The average Bonchev–Trinajstić information content (AvgIpc) is 2.69. The summed E-state index contributed by atoms with van der Waals surface area (Å²) < 4.78 is 5.00. The number of carbonyl (C=O) groups is 2. The molecule has 136 valence electrons. The van der Waals surface area contributed by atoms with E-state index in [1.54, 1.807) is 54.6 Å². The fraction of sp³-hybridized carbons (Fsp3) is 0.316. The first-order valence-corrected chi connectivity index (χ1v) is 8.80. The minimum Gasteiger partial charge on any atom is -0.481 e. The van der Waals surface area contributed by atoms with Gasteiger partial charge in [0.05, 0.1) is 19.0 Å².